The molecule has 0 saturated heterocycles. The number of carbonyl (C=O) groups is 2. The Bertz CT molecular complexity index is 785. The van der Waals surface area contributed by atoms with E-state index in [0.717, 1.165) is 12.8 Å². The lowest BCUT2D eigenvalue weighted by atomic mass is 10.2. The number of hydrogen-bond donors (Lipinski definition) is 1. The van der Waals surface area contributed by atoms with Gasteiger partial charge in [0.05, 0.1) is 12.7 Å². The van der Waals surface area contributed by atoms with Gasteiger partial charge in [-0.15, -0.1) is 0 Å². The molecule has 1 fully saturated rings. The number of amides is 1. The molecule has 0 bridgehead atoms. The topological polar surface area (TPSA) is 64.6 Å². The molecule has 1 saturated carbocycles. The van der Waals surface area contributed by atoms with Crippen LogP contribution in [0.15, 0.2) is 42.5 Å². The zero-order valence-corrected chi connectivity index (χ0v) is 14.5. The Labute approximate surface area is 150 Å². The Kier molecular flexibility index (Phi) is 5.24. The summed E-state index contributed by atoms with van der Waals surface area (Å²) in [5.74, 6) is 0.318. The van der Waals surface area contributed by atoms with Crippen molar-refractivity contribution in [3.63, 3.8) is 0 Å². The van der Waals surface area contributed by atoms with Crippen molar-refractivity contribution in [2.75, 3.05) is 12.4 Å². The molecule has 0 atom stereocenters. The van der Waals surface area contributed by atoms with Crippen molar-refractivity contribution < 1.29 is 19.1 Å². The first-order valence-electron chi connectivity index (χ1n) is 7.97. The molecule has 130 valence electrons. The minimum absolute atomic E-state index is 0.0309. The molecule has 25 heavy (non-hydrogen) atoms. The van der Waals surface area contributed by atoms with Crippen molar-refractivity contribution in [3.05, 3.63) is 58.6 Å². The zero-order chi connectivity index (χ0) is 17.8. The maximum atomic E-state index is 12.2. The van der Waals surface area contributed by atoms with Crippen LogP contribution in [0.5, 0.6) is 5.75 Å². The van der Waals surface area contributed by atoms with Crippen LogP contribution < -0.4 is 10.1 Å². The van der Waals surface area contributed by atoms with Crippen LogP contribution in [0.2, 0.25) is 5.02 Å². The molecule has 0 spiro atoms. The van der Waals surface area contributed by atoms with Crippen LogP contribution in [0.25, 0.3) is 0 Å². The fraction of sp³-hybridized carbons (Fsp3) is 0.263. The largest absolute Gasteiger partial charge is 0.496 e. The number of methoxy groups -OCH3 is 1. The van der Waals surface area contributed by atoms with Gasteiger partial charge in [-0.25, -0.2) is 4.79 Å². The molecule has 1 aliphatic carbocycles. The SMILES string of the molecule is COc1ccc(Cl)cc1COC(=O)c1ccc(NC(=O)C2CC2)cc1. The van der Waals surface area contributed by atoms with Crippen molar-refractivity contribution in [1.29, 1.82) is 0 Å². The highest BCUT2D eigenvalue weighted by atomic mass is 35.5. The lowest BCUT2D eigenvalue weighted by molar-refractivity contribution is -0.117. The monoisotopic (exact) mass is 359 g/mol. The van der Waals surface area contributed by atoms with Crippen molar-refractivity contribution in [2.45, 2.75) is 19.4 Å². The highest BCUT2D eigenvalue weighted by Gasteiger charge is 2.29. The fourth-order valence-corrected chi connectivity index (χ4v) is 2.56. The Morgan fingerprint density at radius 3 is 2.52 bits per heavy atom. The molecule has 3 rings (SSSR count). The van der Waals surface area contributed by atoms with E-state index < -0.39 is 5.97 Å². The smallest absolute Gasteiger partial charge is 0.338 e. The second-order valence-corrected chi connectivity index (χ2v) is 6.31. The number of hydrogen-bond acceptors (Lipinski definition) is 4. The minimum Gasteiger partial charge on any atom is -0.496 e. The quantitative estimate of drug-likeness (QED) is 0.790. The second kappa shape index (κ2) is 7.57. The van der Waals surface area contributed by atoms with Crippen molar-refractivity contribution in [3.8, 4) is 5.75 Å². The van der Waals surface area contributed by atoms with E-state index in [0.29, 0.717) is 27.6 Å². The van der Waals surface area contributed by atoms with E-state index in [9.17, 15) is 9.59 Å². The molecule has 1 amide bonds. The summed E-state index contributed by atoms with van der Waals surface area (Å²) in [6.45, 7) is 0.0583. The first kappa shape index (κ1) is 17.3. The molecular weight excluding hydrogens is 342 g/mol. The predicted octanol–water partition coefficient (Wildman–Crippen LogP) is 4.05. The Hall–Kier alpha value is -2.53. The van der Waals surface area contributed by atoms with Crippen LogP contribution in [0.3, 0.4) is 0 Å². The van der Waals surface area contributed by atoms with E-state index in [-0.39, 0.29) is 18.4 Å². The van der Waals surface area contributed by atoms with Gasteiger partial charge in [0, 0.05) is 22.2 Å². The zero-order valence-electron chi connectivity index (χ0n) is 13.8. The van der Waals surface area contributed by atoms with E-state index >= 15 is 0 Å². The van der Waals surface area contributed by atoms with Gasteiger partial charge < -0.3 is 14.8 Å². The number of carbonyl (C=O) groups excluding carboxylic acids is 2. The molecule has 6 heteroatoms. The van der Waals surface area contributed by atoms with Crippen molar-refractivity contribution in [1.82, 2.24) is 0 Å². The summed E-state index contributed by atoms with van der Waals surface area (Å²) < 4.78 is 10.5. The summed E-state index contributed by atoms with van der Waals surface area (Å²) in [6, 6.07) is 11.8. The molecule has 2 aromatic rings. The van der Waals surface area contributed by atoms with Gasteiger partial charge in [0.25, 0.3) is 0 Å². The summed E-state index contributed by atoms with van der Waals surface area (Å²) in [5, 5.41) is 3.37. The van der Waals surface area contributed by atoms with Crippen molar-refractivity contribution >= 4 is 29.2 Å². The highest BCUT2D eigenvalue weighted by Crippen LogP contribution is 2.30. The number of ether oxygens (including phenoxy) is 2. The first-order chi connectivity index (χ1) is 12.1. The maximum absolute atomic E-state index is 12.2. The standard InChI is InChI=1S/C19H18ClNO4/c1-24-17-9-6-15(20)10-14(17)11-25-19(23)13-4-7-16(8-5-13)21-18(22)12-2-3-12/h4-10,12H,2-3,11H2,1H3,(H,21,22). The normalized spacial score (nSPS) is 13.2. The molecule has 0 radical (unpaired) electrons. The van der Waals surface area contributed by atoms with E-state index in [1.807, 2.05) is 0 Å². The third-order valence-corrected chi connectivity index (χ3v) is 4.17. The number of nitrogens with one attached hydrogen (secondary N) is 1. The van der Waals surface area contributed by atoms with Crippen molar-refractivity contribution in [2.24, 2.45) is 5.92 Å². The van der Waals surface area contributed by atoms with Crippen LogP contribution >= 0.6 is 11.6 Å². The number of halogens is 1. The number of anilines is 1. The molecule has 2 aromatic carbocycles. The van der Waals surface area contributed by atoms with Crippen LogP contribution in [0.1, 0.15) is 28.8 Å². The molecule has 0 aliphatic heterocycles. The third-order valence-electron chi connectivity index (χ3n) is 3.94. The van der Waals surface area contributed by atoms with Crippen LogP contribution in [-0.2, 0) is 16.1 Å². The van der Waals surface area contributed by atoms with Gasteiger partial charge in [-0.05, 0) is 55.3 Å². The summed E-state index contributed by atoms with van der Waals surface area (Å²) in [7, 11) is 1.54. The van der Waals surface area contributed by atoms with Gasteiger partial charge in [0.1, 0.15) is 12.4 Å². The van der Waals surface area contributed by atoms with Crippen LogP contribution in [0.4, 0.5) is 5.69 Å². The maximum Gasteiger partial charge on any atom is 0.338 e. The Morgan fingerprint density at radius 1 is 1.16 bits per heavy atom. The van der Waals surface area contributed by atoms with Gasteiger partial charge in [0.2, 0.25) is 5.91 Å². The summed E-state index contributed by atoms with van der Waals surface area (Å²) in [5.41, 5.74) is 1.77. The van der Waals surface area contributed by atoms with E-state index in [1.54, 1.807) is 49.6 Å². The molecule has 0 heterocycles. The summed E-state index contributed by atoms with van der Waals surface area (Å²) in [6.07, 6.45) is 1.90. The lowest BCUT2D eigenvalue weighted by Crippen LogP contribution is -2.13. The summed E-state index contributed by atoms with van der Waals surface area (Å²) >= 11 is 5.96. The predicted molar refractivity (Wildman–Crippen MR) is 94.9 cm³/mol. The lowest BCUT2D eigenvalue weighted by Gasteiger charge is -2.10. The minimum atomic E-state index is -0.456. The van der Waals surface area contributed by atoms with Gasteiger partial charge in [-0.1, -0.05) is 11.6 Å². The summed E-state index contributed by atoms with van der Waals surface area (Å²) in [4.78, 5) is 23.9. The first-order valence-corrected chi connectivity index (χ1v) is 8.35. The van der Waals surface area contributed by atoms with E-state index in [2.05, 4.69) is 5.32 Å². The van der Waals surface area contributed by atoms with Gasteiger partial charge >= 0.3 is 5.97 Å². The highest BCUT2D eigenvalue weighted by molar-refractivity contribution is 6.30. The Balaban J connectivity index is 1.59. The molecule has 1 N–H and O–H groups in total. The van der Waals surface area contributed by atoms with E-state index in [1.165, 1.54) is 0 Å². The number of rotatable bonds is 6. The van der Waals surface area contributed by atoms with Gasteiger partial charge in [-0.3, -0.25) is 4.79 Å². The molecule has 0 aromatic heterocycles. The number of benzene rings is 2. The molecule has 0 unspecified atom stereocenters. The second-order valence-electron chi connectivity index (χ2n) is 5.87. The van der Waals surface area contributed by atoms with E-state index in [4.69, 9.17) is 21.1 Å². The van der Waals surface area contributed by atoms with Crippen LogP contribution in [-0.4, -0.2) is 19.0 Å². The third kappa shape index (κ3) is 4.51. The fourth-order valence-electron chi connectivity index (χ4n) is 2.37. The Morgan fingerprint density at radius 2 is 1.88 bits per heavy atom. The average Bonchev–Trinajstić information content (AvgIpc) is 3.45. The molecule has 1 aliphatic rings. The molecule has 5 nitrogen and oxygen atoms in total. The van der Waals surface area contributed by atoms with Gasteiger partial charge in [-0.2, -0.15) is 0 Å². The number of esters is 1. The van der Waals surface area contributed by atoms with Crippen LogP contribution in [0, 0.1) is 5.92 Å². The average molecular weight is 360 g/mol. The van der Waals surface area contributed by atoms with Gasteiger partial charge in [0.15, 0.2) is 0 Å². The molecular formula is C19H18ClNO4.